The normalized spacial score (nSPS) is 28.4. The van der Waals surface area contributed by atoms with Crippen molar-refractivity contribution in [1.82, 2.24) is 4.98 Å². The van der Waals surface area contributed by atoms with Crippen molar-refractivity contribution in [3.05, 3.63) is 27.4 Å². The van der Waals surface area contributed by atoms with Gasteiger partial charge in [-0.1, -0.05) is 18.5 Å². The van der Waals surface area contributed by atoms with Gasteiger partial charge in [0, 0.05) is 6.07 Å². The van der Waals surface area contributed by atoms with Gasteiger partial charge in [-0.25, -0.2) is 4.98 Å². The van der Waals surface area contributed by atoms with E-state index in [2.05, 4.69) is 10.3 Å². The molecule has 2 rings (SSSR count). The Morgan fingerprint density at radius 1 is 1.38 bits per heavy atom. The summed E-state index contributed by atoms with van der Waals surface area (Å²) in [5.74, 6) is -0.868. The Labute approximate surface area is 126 Å². The second-order valence-corrected chi connectivity index (χ2v) is 5.57. The molecule has 1 N–H and O–H groups in total. The van der Waals surface area contributed by atoms with E-state index < -0.39 is 4.92 Å². The summed E-state index contributed by atoms with van der Waals surface area (Å²) in [6.07, 6.45) is -0.300. The largest absolute Gasteiger partial charge is 0.374 e. The quantitative estimate of drug-likeness (QED) is 0.526. The van der Waals surface area contributed by atoms with Crippen LogP contribution in [0, 0.1) is 22.0 Å². The van der Waals surface area contributed by atoms with Crippen molar-refractivity contribution in [2.75, 3.05) is 5.32 Å². The third kappa shape index (κ3) is 3.14. The van der Waals surface area contributed by atoms with Crippen LogP contribution in [0.2, 0.25) is 5.15 Å². The molecule has 1 aliphatic heterocycles. The van der Waals surface area contributed by atoms with Crippen LogP contribution in [-0.4, -0.2) is 28.0 Å². The molecule has 21 heavy (non-hydrogen) atoms. The summed E-state index contributed by atoms with van der Waals surface area (Å²) in [4.78, 5) is 26.5. The van der Waals surface area contributed by atoms with Gasteiger partial charge < -0.3 is 10.1 Å². The number of pyridine rings is 1. The Morgan fingerprint density at radius 2 is 2.05 bits per heavy atom. The Morgan fingerprint density at radius 3 is 2.57 bits per heavy atom. The topological polar surface area (TPSA) is 94.4 Å². The molecule has 0 radical (unpaired) electrons. The third-order valence-electron chi connectivity index (χ3n) is 3.82. The number of rotatable bonds is 3. The molecular formula is C13H16ClN3O4. The maximum absolute atomic E-state index is 12.4. The number of nitro groups is 1. The summed E-state index contributed by atoms with van der Waals surface area (Å²) in [6.45, 7) is 5.62. The molecule has 1 aliphatic rings. The van der Waals surface area contributed by atoms with E-state index in [0.717, 1.165) is 0 Å². The molecule has 0 spiro atoms. The first-order valence-electron chi connectivity index (χ1n) is 6.58. The fourth-order valence-corrected chi connectivity index (χ4v) is 2.73. The molecule has 0 aliphatic carbocycles. The lowest BCUT2D eigenvalue weighted by atomic mass is 9.89. The van der Waals surface area contributed by atoms with E-state index in [1.165, 1.54) is 12.1 Å². The highest BCUT2D eigenvalue weighted by atomic mass is 35.5. The van der Waals surface area contributed by atoms with Crippen molar-refractivity contribution in [2.24, 2.45) is 11.8 Å². The molecule has 1 aromatic rings. The van der Waals surface area contributed by atoms with E-state index in [9.17, 15) is 14.9 Å². The van der Waals surface area contributed by atoms with Crippen LogP contribution >= 0.6 is 11.6 Å². The summed E-state index contributed by atoms with van der Waals surface area (Å²) in [5.41, 5.74) is -0.292. The zero-order valence-corrected chi connectivity index (χ0v) is 12.6. The first-order chi connectivity index (χ1) is 9.81. The van der Waals surface area contributed by atoms with Crippen molar-refractivity contribution < 1.29 is 14.5 Å². The summed E-state index contributed by atoms with van der Waals surface area (Å²) >= 11 is 5.74. The van der Waals surface area contributed by atoms with E-state index in [1.54, 1.807) is 0 Å². The van der Waals surface area contributed by atoms with Crippen LogP contribution in [0.3, 0.4) is 0 Å². The van der Waals surface area contributed by atoms with Crippen LogP contribution in [0.4, 0.5) is 11.5 Å². The summed E-state index contributed by atoms with van der Waals surface area (Å²) in [6, 6.07) is 2.52. The van der Waals surface area contributed by atoms with E-state index in [0.29, 0.717) is 0 Å². The van der Waals surface area contributed by atoms with Gasteiger partial charge in [-0.3, -0.25) is 14.9 Å². The van der Waals surface area contributed by atoms with E-state index in [4.69, 9.17) is 16.3 Å². The van der Waals surface area contributed by atoms with Crippen molar-refractivity contribution in [2.45, 2.75) is 33.0 Å². The number of nitrogens with one attached hydrogen (secondary N) is 1. The average Bonchev–Trinajstić information content (AvgIpc) is 2.62. The molecular weight excluding hydrogens is 298 g/mol. The van der Waals surface area contributed by atoms with Gasteiger partial charge in [0.2, 0.25) is 11.7 Å². The van der Waals surface area contributed by atoms with Crippen LogP contribution in [0.15, 0.2) is 12.1 Å². The zero-order valence-electron chi connectivity index (χ0n) is 11.9. The molecule has 2 heterocycles. The van der Waals surface area contributed by atoms with Gasteiger partial charge in [-0.15, -0.1) is 0 Å². The average molecular weight is 314 g/mol. The number of anilines is 1. The van der Waals surface area contributed by atoms with Crippen molar-refractivity contribution in [3.8, 4) is 0 Å². The minimum absolute atomic E-state index is 0.0123. The molecule has 7 nitrogen and oxygen atoms in total. The number of halogens is 1. The van der Waals surface area contributed by atoms with E-state index >= 15 is 0 Å². The minimum atomic E-state index is -0.612. The van der Waals surface area contributed by atoms with Gasteiger partial charge >= 0.3 is 5.69 Å². The highest BCUT2D eigenvalue weighted by Crippen LogP contribution is 2.34. The lowest BCUT2D eigenvalue weighted by molar-refractivity contribution is -0.384. The molecule has 1 saturated heterocycles. The van der Waals surface area contributed by atoms with Crippen molar-refractivity contribution in [1.29, 1.82) is 0 Å². The molecule has 4 unspecified atom stereocenters. The van der Waals surface area contributed by atoms with Crippen molar-refractivity contribution in [3.63, 3.8) is 0 Å². The zero-order chi connectivity index (χ0) is 15.7. The van der Waals surface area contributed by atoms with Crippen molar-refractivity contribution >= 4 is 29.0 Å². The minimum Gasteiger partial charge on any atom is -0.374 e. The Balaban J connectivity index is 2.24. The van der Waals surface area contributed by atoms with Crippen LogP contribution in [-0.2, 0) is 9.53 Å². The van der Waals surface area contributed by atoms with Crippen LogP contribution in [0.25, 0.3) is 0 Å². The first kappa shape index (κ1) is 15.7. The molecule has 114 valence electrons. The predicted molar refractivity (Wildman–Crippen MR) is 77.2 cm³/mol. The standard InChI is InChI=1S/C13H16ClN3O4/c1-6-7(2)21-8(3)11(6)13(18)16-12-9(17(19)20)4-5-10(14)15-12/h4-8,11H,1-3H3,(H,15,16,18). The number of amides is 1. The monoisotopic (exact) mass is 313 g/mol. The number of hydrogen-bond acceptors (Lipinski definition) is 5. The van der Waals surface area contributed by atoms with Crippen LogP contribution in [0.5, 0.6) is 0 Å². The number of nitrogens with zero attached hydrogens (tertiary/aromatic N) is 2. The highest BCUT2D eigenvalue weighted by Gasteiger charge is 2.42. The number of ether oxygens (including phenoxy) is 1. The Bertz CT molecular complexity index is 581. The number of aromatic nitrogens is 1. The second-order valence-electron chi connectivity index (χ2n) is 5.18. The lowest BCUT2D eigenvalue weighted by Gasteiger charge is -2.17. The van der Waals surface area contributed by atoms with Gasteiger partial charge in [-0.2, -0.15) is 0 Å². The maximum Gasteiger partial charge on any atom is 0.311 e. The maximum atomic E-state index is 12.4. The van der Waals surface area contributed by atoms with Gasteiger partial charge in [-0.05, 0) is 25.8 Å². The number of hydrogen-bond donors (Lipinski definition) is 1. The fourth-order valence-electron chi connectivity index (χ4n) is 2.59. The second kappa shape index (κ2) is 5.95. The summed E-state index contributed by atoms with van der Waals surface area (Å²) < 4.78 is 5.61. The molecule has 8 heteroatoms. The van der Waals surface area contributed by atoms with E-state index in [1.807, 2.05) is 20.8 Å². The Kier molecular flexibility index (Phi) is 4.43. The smallest absolute Gasteiger partial charge is 0.311 e. The summed E-state index contributed by atoms with van der Waals surface area (Å²) in [5, 5.41) is 13.5. The fraction of sp³-hybridized carbons (Fsp3) is 0.538. The van der Waals surface area contributed by atoms with Gasteiger partial charge in [0.1, 0.15) is 5.15 Å². The molecule has 1 fully saturated rings. The van der Waals surface area contributed by atoms with Gasteiger partial charge in [0.25, 0.3) is 0 Å². The molecule has 1 amide bonds. The Hall–Kier alpha value is -1.73. The number of carbonyl (C=O) groups excluding carboxylic acids is 1. The molecule has 0 saturated carbocycles. The SMILES string of the molecule is CC1OC(C)C(C(=O)Nc2nc(Cl)ccc2[N+](=O)[O-])C1C. The molecule has 4 atom stereocenters. The molecule has 0 bridgehead atoms. The highest BCUT2D eigenvalue weighted by molar-refractivity contribution is 6.29. The van der Waals surface area contributed by atoms with Gasteiger partial charge in [0.15, 0.2) is 0 Å². The first-order valence-corrected chi connectivity index (χ1v) is 6.96. The van der Waals surface area contributed by atoms with Gasteiger partial charge in [0.05, 0.1) is 23.0 Å². The summed E-state index contributed by atoms with van der Waals surface area (Å²) in [7, 11) is 0. The lowest BCUT2D eigenvalue weighted by Crippen LogP contribution is -2.32. The third-order valence-corrected chi connectivity index (χ3v) is 4.03. The predicted octanol–water partition coefficient (Wildman–Crippen LogP) is 2.64. The molecule has 0 aromatic carbocycles. The van der Waals surface area contributed by atoms with Crippen LogP contribution < -0.4 is 5.32 Å². The number of carbonyl (C=O) groups is 1. The van der Waals surface area contributed by atoms with E-state index in [-0.39, 0.29) is 46.6 Å². The van der Waals surface area contributed by atoms with Crippen LogP contribution in [0.1, 0.15) is 20.8 Å². The molecule has 1 aromatic heterocycles.